The number of carbonyl (C=O) groups is 2. The van der Waals surface area contributed by atoms with E-state index in [2.05, 4.69) is 4.98 Å². The van der Waals surface area contributed by atoms with Gasteiger partial charge in [-0.3, -0.25) is 9.69 Å². The van der Waals surface area contributed by atoms with Gasteiger partial charge in [-0.1, -0.05) is 30.3 Å². The molecule has 0 aliphatic heterocycles. The molecule has 1 heterocycles. The summed E-state index contributed by atoms with van der Waals surface area (Å²) in [5, 5.41) is 9.19. The number of rotatable bonds is 9. The van der Waals surface area contributed by atoms with Gasteiger partial charge in [0.15, 0.2) is 5.89 Å². The molecule has 2 aromatic carbocycles. The summed E-state index contributed by atoms with van der Waals surface area (Å²) in [6.45, 7) is 3.65. The van der Waals surface area contributed by atoms with Gasteiger partial charge in [0.2, 0.25) is 0 Å². The van der Waals surface area contributed by atoms with Crippen molar-refractivity contribution in [1.29, 1.82) is 0 Å². The Morgan fingerprint density at radius 2 is 1.81 bits per heavy atom. The number of hydrogen-bond donors (Lipinski definition) is 1. The van der Waals surface area contributed by atoms with E-state index >= 15 is 0 Å². The first-order valence-electron chi connectivity index (χ1n) is 9.79. The van der Waals surface area contributed by atoms with Crippen molar-refractivity contribution in [2.24, 2.45) is 0 Å². The molecule has 1 N–H and O–H groups in total. The minimum Gasteiger partial charge on any atom is -0.493 e. The zero-order valence-corrected chi connectivity index (χ0v) is 17.4. The fourth-order valence-corrected chi connectivity index (χ4v) is 3.03. The van der Waals surface area contributed by atoms with Gasteiger partial charge < -0.3 is 19.0 Å². The second-order valence-electron chi connectivity index (χ2n) is 6.91. The first-order valence-corrected chi connectivity index (χ1v) is 9.79. The van der Waals surface area contributed by atoms with Gasteiger partial charge in [-0.25, -0.2) is 9.78 Å². The second-order valence-corrected chi connectivity index (χ2v) is 6.91. The summed E-state index contributed by atoms with van der Waals surface area (Å²) in [5.41, 5.74) is 1.57. The summed E-state index contributed by atoms with van der Waals surface area (Å²) >= 11 is 0. The molecule has 0 radical (unpaired) electrons. The topological polar surface area (TPSA) is 102 Å². The Labute approximate surface area is 180 Å². The van der Waals surface area contributed by atoms with Crippen LogP contribution in [-0.2, 0) is 17.8 Å². The number of aliphatic carboxylic acids is 1. The third kappa shape index (κ3) is 6.60. The molecule has 8 heteroatoms. The molecule has 0 fully saturated rings. The fraction of sp³-hybridized carbons (Fsp3) is 0.261. The summed E-state index contributed by atoms with van der Waals surface area (Å²) in [5.74, 6) is 1.22. The lowest BCUT2D eigenvalue weighted by Crippen LogP contribution is -2.37. The average Bonchev–Trinajstić information content (AvgIpc) is 3.05. The van der Waals surface area contributed by atoms with E-state index in [1.165, 1.54) is 0 Å². The maximum Gasteiger partial charge on any atom is 0.416 e. The molecule has 0 saturated carbocycles. The first-order chi connectivity index (χ1) is 14.9. The summed E-state index contributed by atoms with van der Waals surface area (Å²) in [6, 6.07) is 15.7. The molecule has 0 aliphatic rings. The monoisotopic (exact) mass is 424 g/mol. The van der Waals surface area contributed by atoms with Crippen LogP contribution in [0.4, 0.5) is 4.79 Å². The Kier molecular flexibility index (Phi) is 7.26. The van der Waals surface area contributed by atoms with Crippen LogP contribution in [0.1, 0.15) is 22.9 Å². The number of ether oxygens (including phenoxy) is 2. The van der Waals surface area contributed by atoms with Crippen molar-refractivity contribution in [1.82, 2.24) is 9.88 Å². The van der Waals surface area contributed by atoms with E-state index in [1.807, 2.05) is 6.92 Å². The summed E-state index contributed by atoms with van der Waals surface area (Å²) in [7, 11) is 0. The molecule has 0 unspecified atom stereocenters. The van der Waals surface area contributed by atoms with Gasteiger partial charge in [0.25, 0.3) is 0 Å². The molecule has 0 atom stereocenters. The number of carboxylic acid groups (broad SMARTS) is 1. The molecule has 31 heavy (non-hydrogen) atoms. The van der Waals surface area contributed by atoms with E-state index in [0.29, 0.717) is 30.4 Å². The van der Waals surface area contributed by atoms with Gasteiger partial charge in [0.1, 0.15) is 23.8 Å². The number of carboxylic acids is 1. The van der Waals surface area contributed by atoms with Gasteiger partial charge in [-0.05, 0) is 36.8 Å². The number of oxazole rings is 1. The number of hydrogen-bond acceptors (Lipinski definition) is 6. The van der Waals surface area contributed by atoms with Crippen LogP contribution in [0, 0.1) is 13.8 Å². The minimum atomic E-state index is -1.13. The van der Waals surface area contributed by atoms with Gasteiger partial charge in [-0.2, -0.15) is 0 Å². The number of aromatic nitrogens is 1. The van der Waals surface area contributed by atoms with Crippen LogP contribution in [0.25, 0.3) is 0 Å². The molecule has 8 nitrogen and oxygen atoms in total. The number of benzene rings is 2. The molecular formula is C23H24N2O6. The van der Waals surface area contributed by atoms with Crippen LogP contribution in [0.15, 0.2) is 59.0 Å². The van der Waals surface area contributed by atoms with Crippen molar-refractivity contribution in [3.63, 3.8) is 0 Å². The highest BCUT2D eigenvalue weighted by atomic mass is 16.6. The molecule has 0 saturated heterocycles. The smallest absolute Gasteiger partial charge is 0.416 e. The van der Waals surface area contributed by atoms with Crippen LogP contribution < -0.4 is 9.47 Å². The van der Waals surface area contributed by atoms with Crippen LogP contribution in [0.5, 0.6) is 11.5 Å². The number of amides is 1. The highest BCUT2D eigenvalue weighted by molar-refractivity contribution is 5.78. The largest absolute Gasteiger partial charge is 0.493 e. The van der Waals surface area contributed by atoms with Gasteiger partial charge in [-0.15, -0.1) is 0 Å². The van der Waals surface area contributed by atoms with E-state index in [4.69, 9.17) is 13.9 Å². The van der Waals surface area contributed by atoms with Gasteiger partial charge in [0.05, 0.1) is 12.3 Å². The van der Waals surface area contributed by atoms with Crippen LogP contribution in [0.2, 0.25) is 0 Å². The number of nitrogens with zero attached hydrogens (tertiary/aromatic N) is 2. The third-order valence-electron chi connectivity index (χ3n) is 4.41. The lowest BCUT2D eigenvalue weighted by atomic mass is 10.2. The normalized spacial score (nSPS) is 10.5. The van der Waals surface area contributed by atoms with Crippen molar-refractivity contribution in [2.75, 3.05) is 13.2 Å². The number of carbonyl (C=O) groups excluding carboxylic acids is 1. The minimum absolute atomic E-state index is 0.0662. The molecule has 0 aliphatic carbocycles. The lowest BCUT2D eigenvalue weighted by Gasteiger charge is -2.20. The fourth-order valence-electron chi connectivity index (χ4n) is 3.03. The van der Waals surface area contributed by atoms with Crippen molar-refractivity contribution in [3.05, 3.63) is 77.5 Å². The maximum absolute atomic E-state index is 12.5. The Morgan fingerprint density at radius 1 is 1.06 bits per heavy atom. The van der Waals surface area contributed by atoms with E-state index in [-0.39, 0.29) is 6.54 Å². The zero-order chi connectivity index (χ0) is 22.2. The summed E-state index contributed by atoms with van der Waals surface area (Å²) < 4.78 is 16.5. The SMILES string of the molecule is Cc1nc(CCOc2cccc(CN(CC(=O)O)C(=O)Oc3ccccc3)c2)c(C)o1. The first kappa shape index (κ1) is 21.9. The van der Waals surface area contributed by atoms with E-state index in [9.17, 15) is 14.7 Å². The predicted octanol–water partition coefficient (Wildman–Crippen LogP) is 4.00. The number of aryl methyl sites for hydroxylation is 2. The third-order valence-corrected chi connectivity index (χ3v) is 4.41. The molecular weight excluding hydrogens is 400 g/mol. The Balaban J connectivity index is 1.62. The van der Waals surface area contributed by atoms with E-state index in [1.54, 1.807) is 61.5 Å². The lowest BCUT2D eigenvalue weighted by molar-refractivity contribution is -0.138. The summed E-state index contributed by atoms with van der Waals surface area (Å²) in [6.07, 6.45) is -0.140. The van der Waals surface area contributed by atoms with Crippen molar-refractivity contribution in [2.45, 2.75) is 26.8 Å². The molecule has 1 amide bonds. The molecule has 0 spiro atoms. The van der Waals surface area contributed by atoms with Crippen molar-refractivity contribution in [3.8, 4) is 11.5 Å². The van der Waals surface area contributed by atoms with Gasteiger partial charge >= 0.3 is 12.1 Å². The van der Waals surface area contributed by atoms with E-state index < -0.39 is 18.6 Å². The Hall–Kier alpha value is -3.81. The van der Waals surface area contributed by atoms with E-state index in [0.717, 1.165) is 21.9 Å². The Morgan fingerprint density at radius 3 is 2.48 bits per heavy atom. The molecule has 3 aromatic rings. The van der Waals surface area contributed by atoms with Crippen LogP contribution in [0.3, 0.4) is 0 Å². The second kappa shape index (κ2) is 10.3. The highest BCUT2D eigenvalue weighted by Gasteiger charge is 2.19. The summed E-state index contributed by atoms with van der Waals surface area (Å²) in [4.78, 5) is 29.2. The van der Waals surface area contributed by atoms with Crippen LogP contribution >= 0.6 is 0 Å². The standard InChI is InChI=1S/C23H24N2O6/c1-16-21(24-17(2)30-16)11-12-29-20-10-6-7-18(13-20)14-25(15-22(26)27)23(28)31-19-8-4-3-5-9-19/h3-10,13H,11-12,14-15H2,1-2H3,(H,26,27). The molecule has 0 bridgehead atoms. The zero-order valence-electron chi connectivity index (χ0n) is 17.4. The van der Waals surface area contributed by atoms with Crippen molar-refractivity contribution < 1.29 is 28.6 Å². The Bertz CT molecular complexity index is 1030. The maximum atomic E-state index is 12.5. The van der Waals surface area contributed by atoms with Crippen molar-refractivity contribution >= 4 is 12.1 Å². The van der Waals surface area contributed by atoms with Gasteiger partial charge in [0, 0.05) is 19.9 Å². The highest BCUT2D eigenvalue weighted by Crippen LogP contribution is 2.18. The average molecular weight is 424 g/mol. The molecule has 1 aromatic heterocycles. The predicted molar refractivity (Wildman–Crippen MR) is 112 cm³/mol. The molecule has 162 valence electrons. The molecule has 3 rings (SSSR count). The van der Waals surface area contributed by atoms with Crippen LogP contribution in [-0.4, -0.2) is 40.2 Å². The number of para-hydroxylation sites is 1. The quantitative estimate of drug-likeness (QED) is 0.554.